The molecule has 0 spiro atoms. The van der Waals surface area contributed by atoms with Crippen molar-refractivity contribution in [3.8, 4) is 0 Å². The molecule has 1 aliphatic heterocycles. The Bertz CT molecular complexity index is 932. The van der Waals surface area contributed by atoms with E-state index in [2.05, 4.69) is 62.4 Å². The maximum atomic E-state index is 12.7. The summed E-state index contributed by atoms with van der Waals surface area (Å²) in [5, 5.41) is 6.41. The lowest BCUT2D eigenvalue weighted by molar-refractivity contribution is -0.118. The zero-order valence-corrected chi connectivity index (χ0v) is 18.2. The molecule has 1 amide bonds. The lowest BCUT2D eigenvalue weighted by Gasteiger charge is -2.17. The minimum Gasteiger partial charge on any atom is -0.376 e. The molecular formula is C23H26BrN3O2. The molecule has 4 rings (SSSR count). The molecule has 29 heavy (non-hydrogen) atoms. The van der Waals surface area contributed by atoms with Crippen LogP contribution in [0.1, 0.15) is 29.5 Å². The van der Waals surface area contributed by atoms with E-state index in [1.807, 2.05) is 25.1 Å². The minimum atomic E-state index is -0.201. The third-order valence-corrected chi connectivity index (χ3v) is 6.30. The summed E-state index contributed by atoms with van der Waals surface area (Å²) in [7, 11) is 0. The summed E-state index contributed by atoms with van der Waals surface area (Å²) < 4.78 is 6.76. The third-order valence-electron chi connectivity index (χ3n) is 5.85. The van der Waals surface area contributed by atoms with Crippen molar-refractivity contribution in [3.05, 3.63) is 70.3 Å². The highest BCUT2D eigenvalue weighted by Gasteiger charge is 2.61. The van der Waals surface area contributed by atoms with Crippen molar-refractivity contribution in [2.75, 3.05) is 11.9 Å². The highest BCUT2D eigenvalue weighted by atomic mass is 79.9. The topological polar surface area (TPSA) is 63.2 Å². The second-order valence-electron chi connectivity index (χ2n) is 8.14. The molecule has 1 aromatic heterocycles. The summed E-state index contributed by atoms with van der Waals surface area (Å²) in [6.07, 6.45) is 4.65. The number of amides is 1. The summed E-state index contributed by atoms with van der Waals surface area (Å²) >= 11 is 3.36. The largest absolute Gasteiger partial charge is 0.376 e. The van der Waals surface area contributed by atoms with Crippen molar-refractivity contribution in [1.82, 2.24) is 10.3 Å². The van der Waals surface area contributed by atoms with E-state index in [1.54, 1.807) is 0 Å². The van der Waals surface area contributed by atoms with E-state index in [0.29, 0.717) is 29.7 Å². The maximum Gasteiger partial charge on any atom is 0.242 e. The van der Waals surface area contributed by atoms with Gasteiger partial charge >= 0.3 is 0 Å². The Balaban J connectivity index is 1.29. The van der Waals surface area contributed by atoms with E-state index in [-0.39, 0.29) is 17.4 Å². The van der Waals surface area contributed by atoms with E-state index in [9.17, 15) is 4.79 Å². The summed E-state index contributed by atoms with van der Waals surface area (Å²) in [4.78, 5) is 17.1. The molecule has 3 atom stereocenters. The number of ether oxygens (including phenoxy) is 1. The van der Waals surface area contributed by atoms with Crippen LogP contribution in [-0.4, -0.2) is 29.6 Å². The number of nitrogens with one attached hydrogen (secondary N) is 2. The normalized spacial score (nSPS) is 24.8. The molecule has 2 heterocycles. The molecule has 0 radical (unpaired) electrons. The van der Waals surface area contributed by atoms with Gasteiger partial charge in [0, 0.05) is 11.5 Å². The molecule has 0 bridgehead atoms. The van der Waals surface area contributed by atoms with Crippen LogP contribution in [0, 0.1) is 12.3 Å². The molecule has 152 valence electrons. The fraction of sp³-hybridized carbons (Fsp3) is 0.391. The van der Waals surface area contributed by atoms with Gasteiger partial charge in [-0.2, -0.15) is 0 Å². The molecule has 2 fully saturated rings. The van der Waals surface area contributed by atoms with E-state index < -0.39 is 0 Å². The summed E-state index contributed by atoms with van der Waals surface area (Å²) in [5.74, 6) is 0.582. The Hall–Kier alpha value is -2.02. The maximum absolute atomic E-state index is 12.7. The third kappa shape index (κ3) is 4.60. The second kappa shape index (κ2) is 8.38. The number of aromatic nitrogens is 1. The lowest BCUT2D eigenvalue weighted by atomic mass is 10.0. The van der Waals surface area contributed by atoms with Gasteiger partial charge in [0.1, 0.15) is 10.4 Å². The van der Waals surface area contributed by atoms with Gasteiger partial charge in [0.05, 0.1) is 19.3 Å². The van der Waals surface area contributed by atoms with Crippen molar-refractivity contribution in [2.24, 2.45) is 5.41 Å². The van der Waals surface area contributed by atoms with Gasteiger partial charge in [-0.1, -0.05) is 36.4 Å². The number of carbonyl (C=O) groups excluding carboxylic acids is 1. The monoisotopic (exact) mass is 455 g/mol. The zero-order chi connectivity index (χ0) is 20.4. The number of pyridine rings is 1. The number of rotatable bonds is 8. The Morgan fingerprint density at radius 3 is 3.03 bits per heavy atom. The number of fused-ring (bicyclic) bond motifs is 1. The fourth-order valence-electron chi connectivity index (χ4n) is 4.12. The van der Waals surface area contributed by atoms with Crippen molar-refractivity contribution >= 4 is 27.7 Å². The molecular weight excluding hydrogens is 430 g/mol. The van der Waals surface area contributed by atoms with Crippen molar-refractivity contribution in [2.45, 2.75) is 44.9 Å². The second-order valence-corrected chi connectivity index (χ2v) is 8.95. The molecule has 5 nitrogen and oxygen atoms in total. The van der Waals surface area contributed by atoms with Crippen LogP contribution in [0.5, 0.6) is 0 Å². The lowest BCUT2D eigenvalue weighted by Crippen LogP contribution is -2.38. The van der Waals surface area contributed by atoms with Gasteiger partial charge in [0.25, 0.3) is 0 Å². The van der Waals surface area contributed by atoms with Crippen molar-refractivity contribution in [3.63, 3.8) is 0 Å². The first-order valence-electron chi connectivity index (χ1n) is 9.96. The number of nitrogens with zero attached hydrogens (tertiary/aromatic N) is 1. The minimum absolute atomic E-state index is 0.0256. The molecule has 2 N–H and O–H groups in total. The van der Waals surface area contributed by atoms with Crippen LogP contribution in [0.25, 0.3) is 0 Å². The molecule has 2 aliphatic rings. The summed E-state index contributed by atoms with van der Waals surface area (Å²) in [6, 6.07) is 12.4. The Morgan fingerprint density at radius 2 is 2.21 bits per heavy atom. The SMILES string of the molecule is C=CCc1cccc(COC[C@@]23C[C@@H](C(=O)Nc4nc(Br)ccc4C)N[C@@H]2C3)c1. The van der Waals surface area contributed by atoms with E-state index in [4.69, 9.17) is 4.74 Å². The fourth-order valence-corrected chi connectivity index (χ4v) is 4.43. The van der Waals surface area contributed by atoms with Crippen LogP contribution < -0.4 is 10.6 Å². The smallest absolute Gasteiger partial charge is 0.242 e. The van der Waals surface area contributed by atoms with Crippen LogP contribution in [0.15, 0.2) is 53.7 Å². The molecule has 6 heteroatoms. The van der Waals surface area contributed by atoms with Crippen LogP contribution in [0.3, 0.4) is 0 Å². The van der Waals surface area contributed by atoms with Crippen molar-refractivity contribution < 1.29 is 9.53 Å². The quantitative estimate of drug-likeness (QED) is 0.463. The first kappa shape index (κ1) is 20.3. The Morgan fingerprint density at radius 1 is 1.38 bits per heavy atom. The van der Waals surface area contributed by atoms with Gasteiger partial charge in [-0.05, 0) is 64.9 Å². The molecule has 1 aromatic carbocycles. The summed E-state index contributed by atoms with van der Waals surface area (Å²) in [5.41, 5.74) is 3.45. The number of hydrogen-bond acceptors (Lipinski definition) is 4. The number of hydrogen-bond donors (Lipinski definition) is 2. The Labute approximate surface area is 180 Å². The number of aryl methyl sites for hydroxylation is 1. The van der Waals surface area contributed by atoms with Crippen LogP contribution >= 0.6 is 15.9 Å². The highest BCUT2D eigenvalue weighted by molar-refractivity contribution is 9.10. The molecule has 2 aromatic rings. The molecule has 1 aliphatic carbocycles. The summed E-state index contributed by atoms with van der Waals surface area (Å²) in [6.45, 7) is 7.00. The van der Waals surface area contributed by atoms with Gasteiger partial charge in [0.15, 0.2) is 0 Å². The van der Waals surface area contributed by atoms with Gasteiger partial charge in [-0.15, -0.1) is 6.58 Å². The first-order chi connectivity index (χ1) is 14.0. The highest BCUT2D eigenvalue weighted by Crippen LogP contribution is 2.54. The van der Waals surface area contributed by atoms with Gasteiger partial charge in [-0.3, -0.25) is 4.79 Å². The van der Waals surface area contributed by atoms with Gasteiger partial charge < -0.3 is 15.4 Å². The predicted octanol–water partition coefficient (Wildman–Crippen LogP) is 4.16. The first-order valence-corrected chi connectivity index (χ1v) is 10.7. The number of allylic oxidation sites excluding steroid dienone is 1. The number of anilines is 1. The number of piperidine rings is 1. The van der Waals surface area contributed by atoms with Gasteiger partial charge in [-0.25, -0.2) is 4.98 Å². The van der Waals surface area contributed by atoms with E-state index in [1.165, 1.54) is 11.1 Å². The molecule has 1 saturated carbocycles. The van der Waals surface area contributed by atoms with E-state index in [0.717, 1.165) is 24.8 Å². The zero-order valence-electron chi connectivity index (χ0n) is 16.6. The molecule has 1 saturated heterocycles. The number of benzene rings is 1. The van der Waals surface area contributed by atoms with Gasteiger partial charge in [0.2, 0.25) is 5.91 Å². The standard InChI is InChI=1S/C23H26BrN3O2/c1-3-5-16-6-4-7-17(10-16)13-29-14-23-11-18(25-19(23)12-23)22(28)27-21-15(2)8-9-20(24)26-21/h3-4,6-10,18-19,25H,1,5,11-14H2,2H3,(H,26,27,28)/t18-,19+,23-/m0/s1. The Kier molecular flexibility index (Phi) is 5.86. The molecule has 0 unspecified atom stereocenters. The number of carbonyl (C=O) groups is 1. The average Bonchev–Trinajstić information content (AvgIpc) is 3.24. The van der Waals surface area contributed by atoms with Crippen LogP contribution in [0.4, 0.5) is 5.82 Å². The van der Waals surface area contributed by atoms with Crippen molar-refractivity contribution in [1.29, 1.82) is 0 Å². The van der Waals surface area contributed by atoms with E-state index >= 15 is 0 Å². The average molecular weight is 456 g/mol. The van der Waals surface area contributed by atoms with Crippen LogP contribution in [0.2, 0.25) is 0 Å². The number of halogens is 1. The van der Waals surface area contributed by atoms with Crippen LogP contribution in [-0.2, 0) is 22.6 Å². The predicted molar refractivity (Wildman–Crippen MR) is 118 cm³/mol.